The zero-order valence-corrected chi connectivity index (χ0v) is 16.1. The molecule has 1 unspecified atom stereocenters. The van der Waals surface area contributed by atoms with E-state index in [4.69, 9.17) is 9.47 Å². The van der Waals surface area contributed by atoms with Crippen LogP contribution in [-0.2, 0) is 9.59 Å². The molecular formula is C20H21N3O6. The molecule has 0 spiro atoms. The fourth-order valence-electron chi connectivity index (χ4n) is 3.11. The zero-order valence-electron chi connectivity index (χ0n) is 16.1. The largest absolute Gasteiger partial charge is 0.490 e. The topological polar surface area (TPSA) is 111 Å². The molecule has 1 aliphatic rings. The highest BCUT2D eigenvalue weighted by molar-refractivity contribution is 6.01. The summed E-state index contributed by atoms with van der Waals surface area (Å²) in [4.78, 5) is 37.1. The fourth-order valence-corrected chi connectivity index (χ4v) is 3.11. The molecule has 2 aromatic carbocycles. The minimum atomic E-state index is -0.586. The number of benzene rings is 2. The Morgan fingerprint density at radius 3 is 2.76 bits per heavy atom. The highest BCUT2D eigenvalue weighted by Crippen LogP contribution is 2.34. The van der Waals surface area contributed by atoms with Crippen LogP contribution in [0.1, 0.15) is 19.8 Å². The van der Waals surface area contributed by atoms with Crippen LogP contribution in [0.25, 0.3) is 0 Å². The van der Waals surface area contributed by atoms with Crippen LogP contribution < -0.4 is 19.7 Å². The molecule has 0 fully saturated rings. The Hall–Kier alpha value is -3.62. The molecule has 3 rings (SSSR count). The second kappa shape index (κ2) is 8.59. The Labute approximate surface area is 167 Å². The van der Waals surface area contributed by atoms with Crippen LogP contribution >= 0.6 is 0 Å². The molecule has 1 atom stereocenters. The quantitative estimate of drug-likeness (QED) is 0.566. The molecule has 9 nitrogen and oxygen atoms in total. The van der Waals surface area contributed by atoms with Gasteiger partial charge >= 0.3 is 5.69 Å². The number of hydrogen-bond donors (Lipinski definition) is 1. The van der Waals surface area contributed by atoms with Crippen LogP contribution in [0.2, 0.25) is 0 Å². The molecule has 1 N–H and O–H groups in total. The van der Waals surface area contributed by atoms with E-state index in [0.717, 1.165) is 0 Å². The number of hydrogen-bond acceptors (Lipinski definition) is 6. The number of nitro benzene ring substituents is 1. The van der Waals surface area contributed by atoms with Crippen molar-refractivity contribution in [2.45, 2.75) is 25.9 Å². The number of rotatable bonds is 7. The third-order valence-corrected chi connectivity index (χ3v) is 4.56. The smallest absolute Gasteiger partial charge is 0.312 e. The fraction of sp³-hybridized carbons (Fsp3) is 0.300. The van der Waals surface area contributed by atoms with E-state index < -0.39 is 11.0 Å². The first-order valence-corrected chi connectivity index (χ1v) is 9.14. The van der Waals surface area contributed by atoms with Crippen molar-refractivity contribution in [3.63, 3.8) is 0 Å². The summed E-state index contributed by atoms with van der Waals surface area (Å²) < 4.78 is 10.7. The van der Waals surface area contributed by atoms with Crippen molar-refractivity contribution < 1.29 is 24.0 Å². The first-order chi connectivity index (χ1) is 13.9. The van der Waals surface area contributed by atoms with Gasteiger partial charge in [-0.15, -0.1) is 0 Å². The molecule has 0 saturated heterocycles. The normalized spacial score (nSPS) is 15.3. The SMILES string of the molecule is CCC1Oc2ccccc2N(CCC(=O)Nc2ccc(OC)c([N+](=O)[O-])c2)C1=O. The van der Waals surface area contributed by atoms with Crippen LogP contribution in [-0.4, -0.2) is 36.5 Å². The van der Waals surface area contributed by atoms with E-state index in [1.807, 2.05) is 13.0 Å². The number of nitrogens with one attached hydrogen (secondary N) is 1. The molecule has 0 aliphatic carbocycles. The number of nitro groups is 1. The maximum Gasteiger partial charge on any atom is 0.312 e. The molecule has 9 heteroatoms. The van der Waals surface area contributed by atoms with Crippen molar-refractivity contribution in [2.75, 3.05) is 23.9 Å². The highest BCUT2D eigenvalue weighted by Gasteiger charge is 2.33. The number of methoxy groups -OCH3 is 1. The van der Waals surface area contributed by atoms with Crippen LogP contribution in [0, 0.1) is 10.1 Å². The van der Waals surface area contributed by atoms with Gasteiger partial charge in [-0.3, -0.25) is 19.7 Å². The van der Waals surface area contributed by atoms with E-state index in [1.54, 1.807) is 23.1 Å². The van der Waals surface area contributed by atoms with Crippen molar-refractivity contribution in [1.29, 1.82) is 0 Å². The van der Waals surface area contributed by atoms with Gasteiger partial charge in [0.25, 0.3) is 5.91 Å². The third-order valence-electron chi connectivity index (χ3n) is 4.56. The molecule has 0 saturated carbocycles. The van der Waals surface area contributed by atoms with E-state index in [9.17, 15) is 19.7 Å². The molecule has 152 valence electrons. The number of fused-ring (bicyclic) bond motifs is 1. The van der Waals surface area contributed by atoms with Gasteiger partial charge in [0.2, 0.25) is 5.91 Å². The summed E-state index contributed by atoms with van der Waals surface area (Å²) in [6, 6.07) is 11.3. The minimum absolute atomic E-state index is 0.0241. The predicted octanol–water partition coefficient (Wildman–Crippen LogP) is 3.14. The standard InChI is InChI=1S/C20H21N3O6/c1-3-16-20(25)22(14-6-4-5-7-18(14)29-16)11-10-19(24)21-13-8-9-17(28-2)15(12-13)23(26)27/h4-9,12,16H,3,10-11H2,1-2H3,(H,21,24). The van der Waals surface area contributed by atoms with E-state index in [0.29, 0.717) is 17.9 Å². The molecule has 2 aromatic rings. The van der Waals surface area contributed by atoms with Gasteiger partial charge in [-0.2, -0.15) is 0 Å². The third kappa shape index (κ3) is 4.29. The number of carbonyl (C=O) groups is 2. The second-order valence-corrected chi connectivity index (χ2v) is 6.41. The summed E-state index contributed by atoms with van der Waals surface area (Å²) in [5.74, 6) is 0.146. The van der Waals surface area contributed by atoms with Gasteiger partial charge in [0.1, 0.15) is 5.75 Å². The van der Waals surface area contributed by atoms with Gasteiger partial charge in [-0.25, -0.2) is 0 Å². The van der Waals surface area contributed by atoms with Gasteiger partial charge in [-0.1, -0.05) is 19.1 Å². The number of para-hydroxylation sites is 2. The van der Waals surface area contributed by atoms with Crippen LogP contribution in [0.5, 0.6) is 11.5 Å². The van der Waals surface area contributed by atoms with Crippen LogP contribution in [0.4, 0.5) is 17.1 Å². The first-order valence-electron chi connectivity index (χ1n) is 9.14. The zero-order chi connectivity index (χ0) is 21.0. The molecule has 0 aromatic heterocycles. The molecule has 1 heterocycles. The number of anilines is 2. The van der Waals surface area contributed by atoms with Gasteiger partial charge in [0, 0.05) is 24.7 Å². The predicted molar refractivity (Wildman–Crippen MR) is 106 cm³/mol. The highest BCUT2D eigenvalue weighted by atomic mass is 16.6. The summed E-state index contributed by atoms with van der Waals surface area (Å²) >= 11 is 0. The summed E-state index contributed by atoms with van der Waals surface area (Å²) in [7, 11) is 1.33. The Kier molecular flexibility index (Phi) is 5.96. The average Bonchev–Trinajstić information content (AvgIpc) is 2.72. The molecule has 0 bridgehead atoms. The number of nitrogens with zero attached hydrogens (tertiary/aromatic N) is 2. The Morgan fingerprint density at radius 2 is 2.07 bits per heavy atom. The molecule has 2 amide bonds. The molecule has 1 aliphatic heterocycles. The van der Waals surface area contributed by atoms with E-state index in [2.05, 4.69) is 5.32 Å². The van der Waals surface area contributed by atoms with Gasteiger partial charge in [0.15, 0.2) is 11.9 Å². The summed E-state index contributed by atoms with van der Waals surface area (Å²) in [5, 5.41) is 13.7. The van der Waals surface area contributed by atoms with E-state index in [1.165, 1.54) is 25.3 Å². The second-order valence-electron chi connectivity index (χ2n) is 6.41. The molecular weight excluding hydrogens is 378 g/mol. The van der Waals surface area contributed by atoms with Crippen molar-refractivity contribution in [2.24, 2.45) is 0 Å². The monoisotopic (exact) mass is 399 g/mol. The van der Waals surface area contributed by atoms with Crippen molar-refractivity contribution in [3.05, 3.63) is 52.6 Å². The Balaban J connectivity index is 1.70. The van der Waals surface area contributed by atoms with E-state index in [-0.39, 0.29) is 41.9 Å². The minimum Gasteiger partial charge on any atom is -0.490 e. The van der Waals surface area contributed by atoms with Crippen LogP contribution in [0.15, 0.2) is 42.5 Å². The Bertz CT molecular complexity index is 946. The average molecular weight is 399 g/mol. The number of amides is 2. The lowest BCUT2D eigenvalue weighted by Gasteiger charge is -2.33. The van der Waals surface area contributed by atoms with Crippen molar-refractivity contribution in [3.8, 4) is 11.5 Å². The van der Waals surface area contributed by atoms with Gasteiger partial charge in [-0.05, 0) is 30.7 Å². The van der Waals surface area contributed by atoms with Gasteiger partial charge in [0.05, 0.1) is 17.7 Å². The lowest BCUT2D eigenvalue weighted by molar-refractivity contribution is -0.385. The lowest BCUT2D eigenvalue weighted by Crippen LogP contribution is -2.46. The maximum atomic E-state index is 12.7. The summed E-state index contributed by atoms with van der Waals surface area (Å²) in [6.45, 7) is 2.03. The van der Waals surface area contributed by atoms with Gasteiger partial charge < -0.3 is 19.7 Å². The first kappa shape index (κ1) is 20.1. The van der Waals surface area contributed by atoms with Crippen molar-refractivity contribution in [1.82, 2.24) is 0 Å². The Morgan fingerprint density at radius 1 is 1.31 bits per heavy atom. The summed E-state index contributed by atoms with van der Waals surface area (Å²) in [6.07, 6.45) is -0.0426. The lowest BCUT2D eigenvalue weighted by atomic mass is 10.1. The summed E-state index contributed by atoms with van der Waals surface area (Å²) in [5.41, 5.74) is 0.658. The van der Waals surface area contributed by atoms with Crippen LogP contribution in [0.3, 0.4) is 0 Å². The number of ether oxygens (including phenoxy) is 2. The molecule has 29 heavy (non-hydrogen) atoms. The molecule has 0 radical (unpaired) electrons. The van der Waals surface area contributed by atoms with Crippen molar-refractivity contribution >= 4 is 28.9 Å². The van der Waals surface area contributed by atoms with E-state index >= 15 is 0 Å². The number of carbonyl (C=O) groups excluding carboxylic acids is 2. The maximum absolute atomic E-state index is 12.7.